The lowest BCUT2D eigenvalue weighted by Crippen LogP contribution is -2.45. The molecule has 0 aliphatic carbocycles. The number of aryl methyl sites for hydroxylation is 1. The smallest absolute Gasteiger partial charge is 0.150 e. The van der Waals surface area contributed by atoms with Crippen molar-refractivity contribution in [1.29, 1.82) is 0 Å². The summed E-state index contributed by atoms with van der Waals surface area (Å²) in [5.41, 5.74) is 3.39. The molecule has 3 heterocycles. The van der Waals surface area contributed by atoms with Gasteiger partial charge in [-0.05, 0) is 18.6 Å². The number of rotatable bonds is 4. The van der Waals surface area contributed by atoms with Gasteiger partial charge in [0.1, 0.15) is 0 Å². The Morgan fingerprint density at radius 1 is 1.00 bits per heavy atom. The molecule has 1 aromatic carbocycles. The van der Waals surface area contributed by atoms with Crippen molar-refractivity contribution < 1.29 is 4.52 Å². The van der Waals surface area contributed by atoms with Gasteiger partial charge in [-0.25, -0.2) is 0 Å². The number of piperazine rings is 1. The SMILES string of the molecule is Cc1cc(CN2CCN(Cc3cccc4cccnc34)CC2)on1. The summed E-state index contributed by atoms with van der Waals surface area (Å²) in [5, 5.41) is 5.18. The molecule has 0 amide bonds. The minimum Gasteiger partial charge on any atom is -0.360 e. The minimum atomic E-state index is 0.852. The van der Waals surface area contributed by atoms with Crippen LogP contribution in [0.2, 0.25) is 0 Å². The van der Waals surface area contributed by atoms with Crippen LogP contribution in [0.25, 0.3) is 10.9 Å². The van der Waals surface area contributed by atoms with E-state index >= 15 is 0 Å². The Kier molecular flexibility index (Phi) is 4.28. The van der Waals surface area contributed by atoms with Crippen LogP contribution in [0.3, 0.4) is 0 Å². The summed E-state index contributed by atoms with van der Waals surface area (Å²) in [7, 11) is 0. The third-order valence-corrected chi connectivity index (χ3v) is 4.63. The van der Waals surface area contributed by atoms with Crippen molar-refractivity contribution in [2.45, 2.75) is 20.0 Å². The van der Waals surface area contributed by atoms with Gasteiger partial charge in [0.05, 0.1) is 17.8 Å². The quantitative estimate of drug-likeness (QED) is 0.739. The largest absolute Gasteiger partial charge is 0.360 e. The van der Waals surface area contributed by atoms with Gasteiger partial charge in [-0.15, -0.1) is 0 Å². The Morgan fingerprint density at radius 2 is 1.75 bits per heavy atom. The fourth-order valence-corrected chi connectivity index (χ4v) is 3.35. The molecule has 0 unspecified atom stereocenters. The molecule has 5 nitrogen and oxygen atoms in total. The van der Waals surface area contributed by atoms with E-state index < -0.39 is 0 Å². The van der Waals surface area contributed by atoms with Crippen LogP contribution in [0, 0.1) is 6.92 Å². The lowest BCUT2D eigenvalue weighted by molar-refractivity contribution is 0.114. The van der Waals surface area contributed by atoms with Gasteiger partial charge < -0.3 is 4.52 Å². The second kappa shape index (κ2) is 6.71. The summed E-state index contributed by atoms with van der Waals surface area (Å²) < 4.78 is 5.32. The molecule has 1 aliphatic heterocycles. The van der Waals surface area contributed by atoms with Crippen LogP contribution in [0.4, 0.5) is 0 Å². The maximum absolute atomic E-state index is 5.32. The number of benzene rings is 1. The van der Waals surface area contributed by atoms with E-state index in [0.717, 1.165) is 56.2 Å². The molecule has 2 aromatic heterocycles. The molecule has 1 aliphatic rings. The number of pyridine rings is 1. The minimum absolute atomic E-state index is 0.852. The van der Waals surface area contributed by atoms with Gasteiger partial charge in [-0.3, -0.25) is 14.8 Å². The molecule has 0 saturated carbocycles. The zero-order chi connectivity index (χ0) is 16.4. The summed E-state index contributed by atoms with van der Waals surface area (Å²) in [5.74, 6) is 0.958. The number of hydrogen-bond acceptors (Lipinski definition) is 5. The molecule has 24 heavy (non-hydrogen) atoms. The Morgan fingerprint density at radius 3 is 2.50 bits per heavy atom. The zero-order valence-corrected chi connectivity index (χ0v) is 14.0. The van der Waals surface area contributed by atoms with E-state index in [-0.39, 0.29) is 0 Å². The predicted octanol–water partition coefficient (Wildman–Crippen LogP) is 2.85. The normalized spacial score (nSPS) is 16.7. The molecule has 3 aromatic rings. The van der Waals surface area contributed by atoms with Gasteiger partial charge >= 0.3 is 0 Å². The summed E-state index contributed by atoms with van der Waals surface area (Å²) in [4.78, 5) is 9.50. The Balaban J connectivity index is 1.37. The van der Waals surface area contributed by atoms with Crippen molar-refractivity contribution in [2.75, 3.05) is 26.2 Å². The Labute approximate surface area is 141 Å². The lowest BCUT2D eigenvalue weighted by Gasteiger charge is -2.34. The molecule has 1 fully saturated rings. The van der Waals surface area contributed by atoms with E-state index in [2.05, 4.69) is 44.2 Å². The van der Waals surface area contributed by atoms with E-state index in [1.807, 2.05) is 25.3 Å². The standard InChI is InChI=1S/C19H22N4O/c1-15-12-18(24-21-15)14-23-10-8-22(9-11-23)13-17-5-2-4-16-6-3-7-20-19(16)17/h2-7,12H,8-11,13-14H2,1H3. The number of para-hydroxylation sites is 1. The van der Waals surface area contributed by atoms with Crippen molar-refractivity contribution in [3.63, 3.8) is 0 Å². The lowest BCUT2D eigenvalue weighted by atomic mass is 10.1. The predicted molar refractivity (Wildman–Crippen MR) is 93.5 cm³/mol. The molecule has 5 heteroatoms. The van der Waals surface area contributed by atoms with Crippen molar-refractivity contribution in [2.24, 2.45) is 0 Å². The Hall–Kier alpha value is -2.24. The average Bonchev–Trinajstić information content (AvgIpc) is 3.02. The number of aromatic nitrogens is 2. The van der Waals surface area contributed by atoms with Crippen LogP contribution in [0.5, 0.6) is 0 Å². The molecule has 0 bridgehead atoms. The first-order chi connectivity index (χ1) is 11.8. The number of nitrogens with zero attached hydrogens (tertiary/aromatic N) is 4. The summed E-state index contributed by atoms with van der Waals surface area (Å²) in [6, 6.07) is 12.6. The van der Waals surface area contributed by atoms with Gasteiger partial charge in [0.25, 0.3) is 0 Å². The second-order valence-electron chi connectivity index (χ2n) is 6.48. The first-order valence-corrected chi connectivity index (χ1v) is 8.47. The maximum Gasteiger partial charge on any atom is 0.150 e. The fraction of sp³-hybridized carbons (Fsp3) is 0.368. The molecule has 0 atom stereocenters. The molecule has 1 saturated heterocycles. The van der Waals surface area contributed by atoms with Crippen LogP contribution < -0.4 is 0 Å². The zero-order valence-electron chi connectivity index (χ0n) is 14.0. The van der Waals surface area contributed by atoms with Crippen molar-refractivity contribution in [1.82, 2.24) is 19.9 Å². The van der Waals surface area contributed by atoms with E-state index in [0.29, 0.717) is 0 Å². The highest BCUT2D eigenvalue weighted by molar-refractivity contribution is 5.81. The van der Waals surface area contributed by atoms with E-state index in [9.17, 15) is 0 Å². The van der Waals surface area contributed by atoms with E-state index in [1.54, 1.807) is 0 Å². The van der Waals surface area contributed by atoms with Crippen LogP contribution >= 0.6 is 0 Å². The van der Waals surface area contributed by atoms with Gasteiger partial charge in [0.2, 0.25) is 0 Å². The van der Waals surface area contributed by atoms with Crippen molar-refractivity contribution in [3.05, 3.63) is 59.6 Å². The van der Waals surface area contributed by atoms with Crippen LogP contribution in [0.1, 0.15) is 17.0 Å². The van der Waals surface area contributed by atoms with Crippen LogP contribution in [-0.2, 0) is 13.1 Å². The van der Waals surface area contributed by atoms with Crippen molar-refractivity contribution in [3.8, 4) is 0 Å². The third-order valence-electron chi connectivity index (χ3n) is 4.63. The molecule has 4 rings (SSSR count). The topological polar surface area (TPSA) is 45.4 Å². The van der Waals surface area contributed by atoms with Gasteiger partial charge in [0, 0.05) is 50.4 Å². The molecule has 0 spiro atoms. The third kappa shape index (κ3) is 3.32. The highest BCUT2D eigenvalue weighted by atomic mass is 16.5. The molecule has 0 radical (unpaired) electrons. The number of hydrogen-bond donors (Lipinski definition) is 0. The monoisotopic (exact) mass is 322 g/mol. The molecule has 0 N–H and O–H groups in total. The number of fused-ring (bicyclic) bond motifs is 1. The van der Waals surface area contributed by atoms with Gasteiger partial charge in [-0.1, -0.05) is 29.4 Å². The molecular weight excluding hydrogens is 300 g/mol. The highest BCUT2D eigenvalue weighted by Gasteiger charge is 2.19. The van der Waals surface area contributed by atoms with E-state index in [1.165, 1.54) is 10.9 Å². The van der Waals surface area contributed by atoms with E-state index in [4.69, 9.17) is 4.52 Å². The first kappa shape index (κ1) is 15.3. The van der Waals surface area contributed by atoms with Crippen molar-refractivity contribution >= 4 is 10.9 Å². The summed E-state index contributed by atoms with van der Waals surface area (Å²) in [6.45, 7) is 8.01. The Bertz CT molecular complexity index is 816. The average molecular weight is 322 g/mol. The second-order valence-corrected chi connectivity index (χ2v) is 6.48. The summed E-state index contributed by atoms with van der Waals surface area (Å²) >= 11 is 0. The van der Waals surface area contributed by atoms with Crippen LogP contribution in [-0.4, -0.2) is 46.1 Å². The maximum atomic E-state index is 5.32. The molecule has 124 valence electrons. The van der Waals surface area contributed by atoms with Crippen LogP contribution in [0.15, 0.2) is 47.1 Å². The summed E-state index contributed by atoms with van der Waals surface area (Å²) in [6.07, 6.45) is 1.88. The van der Waals surface area contributed by atoms with Gasteiger partial charge in [-0.2, -0.15) is 0 Å². The molecular formula is C19H22N4O. The van der Waals surface area contributed by atoms with Gasteiger partial charge in [0.15, 0.2) is 5.76 Å². The highest BCUT2D eigenvalue weighted by Crippen LogP contribution is 2.19. The first-order valence-electron chi connectivity index (χ1n) is 8.47. The fourth-order valence-electron chi connectivity index (χ4n) is 3.35.